The number of ketones is 2. The van der Waals surface area contributed by atoms with Gasteiger partial charge in [0.25, 0.3) is 0 Å². The Balaban J connectivity index is 2.01. The first-order valence-electron chi connectivity index (χ1n) is 8.58. The van der Waals surface area contributed by atoms with Gasteiger partial charge in [-0.1, -0.05) is 19.1 Å². The van der Waals surface area contributed by atoms with Crippen molar-refractivity contribution in [3.8, 4) is 5.75 Å². The fraction of sp³-hybridized carbons (Fsp3) is 0.474. The van der Waals surface area contributed by atoms with Crippen LogP contribution in [0.1, 0.15) is 41.8 Å². The molecule has 0 fully saturated rings. The number of benzene rings is 1. The van der Waals surface area contributed by atoms with Crippen molar-refractivity contribution < 1.29 is 35.1 Å². The van der Waals surface area contributed by atoms with Gasteiger partial charge in [0, 0.05) is 23.1 Å². The van der Waals surface area contributed by atoms with Gasteiger partial charge in [0.05, 0.1) is 5.92 Å². The molecule has 4 rings (SSSR count). The number of hydrogen-bond donors (Lipinski definition) is 5. The molecule has 1 aromatic rings. The second kappa shape index (κ2) is 5.47. The topological polar surface area (TPSA) is 135 Å². The molecule has 0 aromatic heterocycles. The van der Waals surface area contributed by atoms with Crippen LogP contribution in [0.3, 0.4) is 0 Å². The third-order valence-electron chi connectivity index (χ3n) is 5.95. The maximum Gasteiger partial charge on any atom is 0.174 e. The molecule has 3 aliphatic carbocycles. The summed E-state index contributed by atoms with van der Waals surface area (Å²) >= 11 is 0. The Kier molecular flexibility index (Phi) is 3.65. The molecule has 0 aliphatic heterocycles. The van der Waals surface area contributed by atoms with Gasteiger partial charge in [-0.2, -0.15) is 0 Å². The van der Waals surface area contributed by atoms with Crippen molar-refractivity contribution in [2.45, 2.75) is 43.7 Å². The summed E-state index contributed by atoms with van der Waals surface area (Å²) in [6.07, 6.45) is -4.82. The summed E-state index contributed by atoms with van der Waals surface area (Å²) in [5, 5.41) is 53.2. The van der Waals surface area contributed by atoms with Crippen molar-refractivity contribution in [2.75, 3.05) is 0 Å². The molecule has 0 heterocycles. The van der Waals surface area contributed by atoms with E-state index in [0.717, 1.165) is 0 Å². The number of carbonyl (C=O) groups is 2. The van der Waals surface area contributed by atoms with Gasteiger partial charge in [0.15, 0.2) is 11.6 Å². The first kappa shape index (κ1) is 17.4. The average Bonchev–Trinajstić information content (AvgIpc) is 2.58. The molecular formula is C19H20O7. The summed E-state index contributed by atoms with van der Waals surface area (Å²) in [6.45, 7) is 1.83. The number of rotatable bonds is 0. The van der Waals surface area contributed by atoms with Gasteiger partial charge < -0.3 is 25.5 Å². The first-order chi connectivity index (χ1) is 12.2. The molecule has 26 heavy (non-hydrogen) atoms. The molecule has 0 spiro atoms. The highest BCUT2D eigenvalue weighted by Crippen LogP contribution is 2.54. The van der Waals surface area contributed by atoms with Crippen molar-refractivity contribution in [3.63, 3.8) is 0 Å². The van der Waals surface area contributed by atoms with Gasteiger partial charge in [0.1, 0.15) is 29.7 Å². The number of carbonyl (C=O) groups excluding carboxylic acids is 2. The van der Waals surface area contributed by atoms with Gasteiger partial charge in [-0.25, -0.2) is 0 Å². The van der Waals surface area contributed by atoms with Crippen molar-refractivity contribution >= 4 is 11.6 Å². The summed E-state index contributed by atoms with van der Waals surface area (Å²) in [5.41, 5.74) is -2.48. The van der Waals surface area contributed by atoms with E-state index in [1.54, 1.807) is 0 Å². The zero-order valence-electron chi connectivity index (χ0n) is 14.1. The van der Waals surface area contributed by atoms with E-state index < -0.39 is 41.4 Å². The predicted octanol–water partition coefficient (Wildman–Crippen LogP) is 0.000200. The van der Waals surface area contributed by atoms with Crippen LogP contribution in [0.15, 0.2) is 29.3 Å². The van der Waals surface area contributed by atoms with E-state index in [1.807, 2.05) is 6.92 Å². The van der Waals surface area contributed by atoms with E-state index in [4.69, 9.17) is 0 Å². The van der Waals surface area contributed by atoms with E-state index in [0.29, 0.717) is 6.42 Å². The van der Waals surface area contributed by atoms with Crippen molar-refractivity contribution in [2.24, 2.45) is 11.8 Å². The minimum Gasteiger partial charge on any atom is -0.508 e. The highest BCUT2D eigenvalue weighted by atomic mass is 16.4. The average molecular weight is 360 g/mol. The van der Waals surface area contributed by atoms with Crippen LogP contribution in [0.25, 0.3) is 0 Å². The lowest BCUT2D eigenvalue weighted by Gasteiger charge is -2.52. The van der Waals surface area contributed by atoms with Crippen LogP contribution in [0, 0.1) is 11.8 Å². The fourth-order valence-electron chi connectivity index (χ4n) is 4.74. The molecule has 0 saturated carbocycles. The molecule has 1 aromatic carbocycles. The standard InChI is InChI=1S/C19H20O7/c1-7-5-9-12(11(21)6-7)14-15(22)8-3-2-4-10(20)13(8)17(24)19(14,26)18(25)16(9)23/h2-4,7,14,16-18,20,23-26H,5-6H2,1H3/t7-,14-,16-,17+,18+,19-/m1/s1. The van der Waals surface area contributed by atoms with Crippen LogP contribution in [0.2, 0.25) is 0 Å². The van der Waals surface area contributed by atoms with Crippen LogP contribution in [0.5, 0.6) is 5.75 Å². The molecule has 0 saturated heterocycles. The molecule has 0 amide bonds. The minimum absolute atomic E-state index is 0.00552. The van der Waals surface area contributed by atoms with Crippen LogP contribution in [-0.4, -0.2) is 54.9 Å². The zero-order chi connectivity index (χ0) is 19.0. The highest BCUT2D eigenvalue weighted by Gasteiger charge is 2.64. The molecule has 138 valence electrons. The van der Waals surface area contributed by atoms with Crippen molar-refractivity contribution in [3.05, 3.63) is 40.5 Å². The number of hydrogen-bond acceptors (Lipinski definition) is 7. The van der Waals surface area contributed by atoms with Gasteiger partial charge >= 0.3 is 0 Å². The second-order valence-corrected chi connectivity index (χ2v) is 7.59. The van der Waals surface area contributed by atoms with Gasteiger partial charge in [-0.05, 0) is 24.0 Å². The molecule has 0 unspecified atom stereocenters. The van der Waals surface area contributed by atoms with E-state index in [1.165, 1.54) is 18.2 Å². The van der Waals surface area contributed by atoms with E-state index in [9.17, 15) is 35.1 Å². The van der Waals surface area contributed by atoms with E-state index >= 15 is 0 Å². The summed E-state index contributed by atoms with van der Waals surface area (Å²) < 4.78 is 0. The molecule has 7 nitrogen and oxygen atoms in total. The van der Waals surface area contributed by atoms with Gasteiger partial charge in [-0.15, -0.1) is 0 Å². The predicted molar refractivity (Wildman–Crippen MR) is 88.3 cm³/mol. The SMILES string of the molecule is C[C@H]1CC(=O)C2=C(C1)[C@@H](O)[C@H](O)[C@@]1(O)[C@H]2C(=O)c2cccc(O)c2[C@@H]1O. The van der Waals surface area contributed by atoms with E-state index in [-0.39, 0.29) is 40.4 Å². The van der Waals surface area contributed by atoms with Crippen molar-refractivity contribution in [1.82, 2.24) is 0 Å². The summed E-state index contributed by atoms with van der Waals surface area (Å²) in [6, 6.07) is 4.08. The molecule has 0 radical (unpaired) electrons. The van der Waals surface area contributed by atoms with Gasteiger partial charge in [0.2, 0.25) is 0 Å². The molecule has 6 atom stereocenters. The Labute approximate surface area is 149 Å². The number of fused-ring (bicyclic) bond motifs is 3. The van der Waals surface area contributed by atoms with Crippen LogP contribution >= 0.6 is 0 Å². The molecule has 3 aliphatic rings. The lowest BCUT2D eigenvalue weighted by Crippen LogP contribution is -2.66. The third kappa shape index (κ3) is 1.97. The molecule has 7 heteroatoms. The smallest absolute Gasteiger partial charge is 0.174 e. The maximum atomic E-state index is 13.1. The van der Waals surface area contributed by atoms with Gasteiger partial charge in [-0.3, -0.25) is 9.59 Å². The lowest BCUT2D eigenvalue weighted by atomic mass is 9.56. The number of phenols is 1. The van der Waals surface area contributed by atoms with Crippen LogP contribution in [0.4, 0.5) is 0 Å². The molecule has 0 bridgehead atoms. The van der Waals surface area contributed by atoms with Crippen LogP contribution < -0.4 is 0 Å². The Morgan fingerprint density at radius 3 is 2.50 bits per heavy atom. The third-order valence-corrected chi connectivity index (χ3v) is 5.95. The summed E-state index contributed by atoms with van der Waals surface area (Å²) in [7, 11) is 0. The normalized spacial score (nSPS) is 39.3. The molecular weight excluding hydrogens is 340 g/mol. The Morgan fingerprint density at radius 2 is 1.81 bits per heavy atom. The summed E-state index contributed by atoms with van der Waals surface area (Å²) in [5.74, 6) is -2.99. The largest absolute Gasteiger partial charge is 0.508 e. The Morgan fingerprint density at radius 1 is 1.12 bits per heavy atom. The number of aliphatic hydroxyl groups is 4. The lowest BCUT2D eigenvalue weighted by molar-refractivity contribution is -0.198. The Bertz CT molecular complexity index is 857. The number of Topliss-reactive ketones (excluding diaryl/α,β-unsaturated/α-hetero) is 2. The first-order valence-corrected chi connectivity index (χ1v) is 8.58. The monoisotopic (exact) mass is 360 g/mol. The zero-order valence-corrected chi connectivity index (χ0v) is 14.1. The maximum absolute atomic E-state index is 13.1. The highest BCUT2D eigenvalue weighted by molar-refractivity contribution is 6.11. The summed E-state index contributed by atoms with van der Waals surface area (Å²) in [4.78, 5) is 25.8. The van der Waals surface area contributed by atoms with Crippen molar-refractivity contribution in [1.29, 1.82) is 0 Å². The quantitative estimate of drug-likeness (QED) is 0.439. The number of phenolic OH excluding ortho intramolecular Hbond substituents is 1. The molecule has 5 N–H and O–H groups in total. The Hall–Kier alpha value is -2.06. The minimum atomic E-state index is -2.50. The second-order valence-electron chi connectivity index (χ2n) is 7.59. The number of aromatic hydroxyl groups is 1. The van der Waals surface area contributed by atoms with E-state index in [2.05, 4.69) is 0 Å². The fourth-order valence-corrected chi connectivity index (χ4v) is 4.74. The number of aliphatic hydroxyl groups excluding tert-OH is 3. The van der Waals surface area contributed by atoms with Crippen LogP contribution in [-0.2, 0) is 4.79 Å².